The van der Waals surface area contributed by atoms with Crippen LogP contribution in [0.1, 0.15) is 5.56 Å². The van der Waals surface area contributed by atoms with Gasteiger partial charge < -0.3 is 15.2 Å². The summed E-state index contributed by atoms with van der Waals surface area (Å²) in [4.78, 5) is 0. The third kappa shape index (κ3) is 2.38. The van der Waals surface area contributed by atoms with Gasteiger partial charge in [0.2, 0.25) is 0 Å². The highest BCUT2D eigenvalue weighted by atomic mass is 16.7. The lowest BCUT2D eigenvalue weighted by atomic mass is 10.0. The molecule has 1 aliphatic heterocycles. The minimum absolute atomic E-state index is 0.103. The normalized spacial score (nSPS) is 18.3. The van der Waals surface area contributed by atoms with Gasteiger partial charge in [-0.3, -0.25) is 0 Å². The fourth-order valence-corrected chi connectivity index (χ4v) is 2.36. The summed E-state index contributed by atoms with van der Waals surface area (Å²) in [6, 6.07) is 14.7. The third-order valence-electron chi connectivity index (χ3n) is 3.28. The fourth-order valence-electron chi connectivity index (χ4n) is 2.36. The monoisotopic (exact) mass is 243 g/mol. The first-order valence-electron chi connectivity index (χ1n) is 6.29. The van der Waals surface area contributed by atoms with E-state index in [1.807, 2.05) is 6.07 Å². The molecule has 18 heavy (non-hydrogen) atoms. The van der Waals surface area contributed by atoms with E-state index in [0.717, 1.165) is 6.42 Å². The number of ether oxygens (including phenoxy) is 2. The lowest BCUT2D eigenvalue weighted by Gasteiger charge is -2.17. The number of hydrogen-bond donors (Lipinski definition) is 1. The van der Waals surface area contributed by atoms with E-state index >= 15 is 0 Å². The zero-order valence-corrected chi connectivity index (χ0v) is 10.2. The molecule has 0 spiro atoms. The van der Waals surface area contributed by atoms with Crippen molar-refractivity contribution in [2.45, 2.75) is 18.8 Å². The zero-order chi connectivity index (χ0) is 12.4. The number of nitrogens with two attached hydrogens (primary N) is 1. The average Bonchev–Trinajstić information content (AvgIpc) is 2.92. The van der Waals surface area contributed by atoms with Crippen LogP contribution in [-0.2, 0) is 15.9 Å². The molecule has 2 aromatic rings. The van der Waals surface area contributed by atoms with Gasteiger partial charge in [-0.15, -0.1) is 0 Å². The summed E-state index contributed by atoms with van der Waals surface area (Å²) in [6.45, 7) is 1.30. The summed E-state index contributed by atoms with van der Waals surface area (Å²) in [5.74, 6) is 0. The first-order chi connectivity index (χ1) is 8.83. The van der Waals surface area contributed by atoms with Crippen LogP contribution in [0.3, 0.4) is 0 Å². The minimum atomic E-state index is -0.253. The summed E-state index contributed by atoms with van der Waals surface area (Å²) in [5.41, 5.74) is 7.33. The molecule has 2 N–H and O–H groups in total. The number of rotatable bonds is 3. The molecule has 94 valence electrons. The lowest BCUT2D eigenvalue weighted by molar-refractivity contribution is -0.0585. The second-order valence-electron chi connectivity index (χ2n) is 4.66. The summed E-state index contributed by atoms with van der Waals surface area (Å²) in [5, 5.41) is 2.50. The van der Waals surface area contributed by atoms with E-state index in [-0.39, 0.29) is 12.3 Å². The maximum atomic E-state index is 6.11. The Morgan fingerprint density at radius 1 is 1.06 bits per heavy atom. The summed E-state index contributed by atoms with van der Waals surface area (Å²) < 4.78 is 10.9. The van der Waals surface area contributed by atoms with Gasteiger partial charge in [0, 0.05) is 0 Å². The second-order valence-corrected chi connectivity index (χ2v) is 4.66. The largest absolute Gasteiger partial charge is 0.349 e. The molecular formula is C15H17NO2. The Morgan fingerprint density at radius 3 is 2.56 bits per heavy atom. The molecule has 0 aliphatic carbocycles. The smallest absolute Gasteiger partial charge is 0.173 e. The molecule has 1 heterocycles. The molecular weight excluding hydrogens is 226 g/mol. The maximum absolute atomic E-state index is 6.11. The van der Waals surface area contributed by atoms with E-state index in [9.17, 15) is 0 Å². The Bertz CT molecular complexity index is 535. The highest BCUT2D eigenvalue weighted by Gasteiger charge is 2.23. The highest BCUT2D eigenvalue weighted by Crippen LogP contribution is 2.18. The van der Waals surface area contributed by atoms with E-state index in [1.54, 1.807) is 0 Å². The average molecular weight is 243 g/mol. The first-order valence-corrected chi connectivity index (χ1v) is 6.29. The molecule has 0 radical (unpaired) electrons. The Morgan fingerprint density at radius 2 is 1.78 bits per heavy atom. The van der Waals surface area contributed by atoms with Crippen LogP contribution in [0.15, 0.2) is 42.5 Å². The Labute approximate surface area is 106 Å². The summed E-state index contributed by atoms with van der Waals surface area (Å²) >= 11 is 0. The molecule has 0 bridgehead atoms. The molecule has 0 amide bonds. The van der Waals surface area contributed by atoms with Gasteiger partial charge in [0.05, 0.1) is 19.3 Å². The Hall–Kier alpha value is -1.42. The number of fused-ring (bicyclic) bond motifs is 1. The minimum Gasteiger partial charge on any atom is -0.349 e. The highest BCUT2D eigenvalue weighted by molar-refractivity contribution is 5.82. The van der Waals surface area contributed by atoms with Crippen molar-refractivity contribution in [3.05, 3.63) is 48.0 Å². The second kappa shape index (κ2) is 5.06. The van der Waals surface area contributed by atoms with Crippen LogP contribution in [-0.4, -0.2) is 25.5 Å². The Balaban J connectivity index is 1.77. The van der Waals surface area contributed by atoms with E-state index < -0.39 is 0 Å². The SMILES string of the molecule is N[C@@H](Cc1ccc2ccccc2c1)C1OCCO1. The molecule has 0 aromatic heterocycles. The van der Waals surface area contributed by atoms with Gasteiger partial charge in [-0.05, 0) is 22.8 Å². The van der Waals surface area contributed by atoms with Crippen LogP contribution in [0, 0.1) is 0 Å². The van der Waals surface area contributed by atoms with Crippen molar-refractivity contribution in [2.75, 3.05) is 13.2 Å². The van der Waals surface area contributed by atoms with Crippen molar-refractivity contribution in [3.8, 4) is 0 Å². The lowest BCUT2D eigenvalue weighted by Crippen LogP contribution is -2.37. The van der Waals surface area contributed by atoms with Crippen molar-refractivity contribution in [1.29, 1.82) is 0 Å². The molecule has 1 fully saturated rings. The predicted octanol–water partition coefficient (Wildman–Crippen LogP) is 2.08. The molecule has 3 rings (SSSR count). The number of hydrogen-bond acceptors (Lipinski definition) is 3. The molecule has 1 atom stereocenters. The summed E-state index contributed by atoms with van der Waals surface area (Å²) in [7, 11) is 0. The van der Waals surface area contributed by atoms with Gasteiger partial charge >= 0.3 is 0 Å². The van der Waals surface area contributed by atoms with Gasteiger partial charge in [-0.2, -0.15) is 0 Å². The van der Waals surface area contributed by atoms with Crippen LogP contribution in [0.5, 0.6) is 0 Å². The van der Waals surface area contributed by atoms with Gasteiger partial charge in [-0.1, -0.05) is 42.5 Å². The van der Waals surface area contributed by atoms with Gasteiger partial charge in [0.15, 0.2) is 6.29 Å². The van der Waals surface area contributed by atoms with E-state index in [4.69, 9.17) is 15.2 Å². The van der Waals surface area contributed by atoms with Crippen LogP contribution in [0.25, 0.3) is 10.8 Å². The molecule has 1 aliphatic rings. The molecule has 0 unspecified atom stereocenters. The molecule has 2 aromatic carbocycles. The zero-order valence-electron chi connectivity index (χ0n) is 10.2. The van der Waals surface area contributed by atoms with Crippen molar-refractivity contribution in [3.63, 3.8) is 0 Å². The molecule has 1 saturated heterocycles. The third-order valence-corrected chi connectivity index (χ3v) is 3.28. The Kier molecular flexibility index (Phi) is 3.28. The van der Waals surface area contributed by atoms with Crippen molar-refractivity contribution in [1.82, 2.24) is 0 Å². The van der Waals surface area contributed by atoms with Crippen LogP contribution in [0.4, 0.5) is 0 Å². The first kappa shape index (κ1) is 11.7. The van der Waals surface area contributed by atoms with Gasteiger partial charge in [0.25, 0.3) is 0 Å². The standard InChI is InChI=1S/C15H17NO2/c16-14(15-17-7-8-18-15)10-11-5-6-12-3-1-2-4-13(12)9-11/h1-6,9,14-15H,7-8,10,16H2/t14-/m0/s1. The quantitative estimate of drug-likeness (QED) is 0.897. The predicted molar refractivity (Wildman–Crippen MR) is 71.3 cm³/mol. The van der Waals surface area contributed by atoms with Crippen molar-refractivity contribution in [2.24, 2.45) is 5.73 Å². The van der Waals surface area contributed by atoms with Crippen molar-refractivity contribution >= 4 is 10.8 Å². The summed E-state index contributed by atoms with van der Waals surface area (Å²) in [6.07, 6.45) is 0.520. The van der Waals surface area contributed by atoms with Gasteiger partial charge in [-0.25, -0.2) is 0 Å². The molecule has 0 saturated carbocycles. The maximum Gasteiger partial charge on any atom is 0.173 e. The molecule has 3 heteroatoms. The van der Waals surface area contributed by atoms with E-state index in [2.05, 4.69) is 36.4 Å². The topological polar surface area (TPSA) is 44.5 Å². The van der Waals surface area contributed by atoms with Crippen LogP contribution >= 0.6 is 0 Å². The van der Waals surface area contributed by atoms with Crippen LogP contribution in [0.2, 0.25) is 0 Å². The fraction of sp³-hybridized carbons (Fsp3) is 0.333. The number of benzene rings is 2. The van der Waals surface area contributed by atoms with Gasteiger partial charge in [0.1, 0.15) is 0 Å². The van der Waals surface area contributed by atoms with Crippen molar-refractivity contribution < 1.29 is 9.47 Å². The molecule has 3 nitrogen and oxygen atoms in total. The van der Waals surface area contributed by atoms with E-state index in [0.29, 0.717) is 13.2 Å². The van der Waals surface area contributed by atoms with E-state index in [1.165, 1.54) is 16.3 Å². The van der Waals surface area contributed by atoms with Crippen LogP contribution < -0.4 is 5.73 Å².